The molecular formula is C12H13N5O. The first-order valence-electron chi connectivity index (χ1n) is 5.70. The smallest absolute Gasteiger partial charge is 0.243 e. The third-order valence-electron chi connectivity index (χ3n) is 2.58. The maximum absolute atomic E-state index is 4.99. The number of aromatic nitrogens is 4. The first-order valence-corrected chi connectivity index (χ1v) is 5.70. The third-order valence-corrected chi connectivity index (χ3v) is 2.58. The van der Waals surface area contributed by atoms with Gasteiger partial charge < -0.3 is 9.84 Å². The van der Waals surface area contributed by atoms with Crippen LogP contribution in [0.1, 0.15) is 17.0 Å². The summed E-state index contributed by atoms with van der Waals surface area (Å²) in [6.07, 6.45) is 1.94. The van der Waals surface area contributed by atoms with Crippen molar-refractivity contribution < 1.29 is 4.52 Å². The molecule has 0 aliphatic heterocycles. The van der Waals surface area contributed by atoms with Gasteiger partial charge in [-0.15, -0.1) is 5.10 Å². The molecule has 6 nitrogen and oxygen atoms in total. The fraction of sp³-hybridized carbons (Fsp3) is 0.250. The average molecular weight is 243 g/mol. The van der Waals surface area contributed by atoms with Crippen LogP contribution in [0.2, 0.25) is 0 Å². The van der Waals surface area contributed by atoms with Gasteiger partial charge in [0.05, 0.1) is 6.54 Å². The molecule has 0 aromatic carbocycles. The second-order valence-electron chi connectivity index (χ2n) is 4.23. The summed E-state index contributed by atoms with van der Waals surface area (Å²) in [6, 6.07) is 5.83. The van der Waals surface area contributed by atoms with Gasteiger partial charge >= 0.3 is 0 Å². The van der Waals surface area contributed by atoms with Gasteiger partial charge in [0, 0.05) is 12.3 Å². The van der Waals surface area contributed by atoms with Crippen LogP contribution in [-0.2, 0) is 6.54 Å². The van der Waals surface area contributed by atoms with Crippen molar-refractivity contribution in [2.75, 3.05) is 5.32 Å². The van der Waals surface area contributed by atoms with Crippen molar-refractivity contribution in [2.24, 2.45) is 0 Å². The minimum absolute atomic E-state index is 0.549. The number of aryl methyl sites for hydroxylation is 2. The summed E-state index contributed by atoms with van der Waals surface area (Å²) in [5, 5.41) is 11.3. The standard InChI is InChI=1S/C12H13N5O/c1-8-3-4-11-14-12(15-17(11)7-8)13-6-10-5-9(2)18-16-10/h3-5,7H,6H2,1-2H3,(H,13,15). The van der Waals surface area contributed by atoms with Gasteiger partial charge in [-0.25, -0.2) is 4.52 Å². The van der Waals surface area contributed by atoms with E-state index in [9.17, 15) is 0 Å². The van der Waals surface area contributed by atoms with Crippen molar-refractivity contribution in [1.29, 1.82) is 0 Å². The van der Waals surface area contributed by atoms with Crippen LogP contribution in [0, 0.1) is 13.8 Å². The molecule has 0 saturated carbocycles. The normalized spacial score (nSPS) is 11.0. The maximum Gasteiger partial charge on any atom is 0.243 e. The fourth-order valence-corrected chi connectivity index (χ4v) is 1.73. The van der Waals surface area contributed by atoms with Crippen LogP contribution in [0.25, 0.3) is 5.65 Å². The summed E-state index contributed by atoms with van der Waals surface area (Å²) in [4.78, 5) is 4.36. The van der Waals surface area contributed by atoms with Gasteiger partial charge in [0.1, 0.15) is 11.5 Å². The highest BCUT2D eigenvalue weighted by atomic mass is 16.5. The van der Waals surface area contributed by atoms with E-state index >= 15 is 0 Å². The molecule has 0 spiro atoms. The highest BCUT2D eigenvalue weighted by Gasteiger charge is 2.05. The lowest BCUT2D eigenvalue weighted by Crippen LogP contribution is -2.01. The zero-order valence-corrected chi connectivity index (χ0v) is 10.2. The summed E-state index contributed by atoms with van der Waals surface area (Å²) < 4.78 is 6.75. The van der Waals surface area contributed by atoms with E-state index in [1.54, 1.807) is 4.52 Å². The van der Waals surface area contributed by atoms with Crippen molar-refractivity contribution in [3.8, 4) is 0 Å². The molecule has 1 N–H and O–H groups in total. The van der Waals surface area contributed by atoms with E-state index in [2.05, 4.69) is 20.6 Å². The highest BCUT2D eigenvalue weighted by Crippen LogP contribution is 2.09. The molecule has 0 saturated heterocycles. The van der Waals surface area contributed by atoms with Crippen LogP contribution in [-0.4, -0.2) is 19.8 Å². The molecule has 0 aliphatic carbocycles. The zero-order chi connectivity index (χ0) is 12.5. The lowest BCUT2D eigenvalue weighted by molar-refractivity contribution is 0.391. The Morgan fingerprint density at radius 3 is 3.00 bits per heavy atom. The van der Waals surface area contributed by atoms with Gasteiger partial charge in [-0.3, -0.25) is 0 Å². The number of fused-ring (bicyclic) bond motifs is 1. The van der Waals surface area contributed by atoms with Gasteiger partial charge in [-0.05, 0) is 25.5 Å². The van der Waals surface area contributed by atoms with Gasteiger partial charge in [0.2, 0.25) is 5.95 Å². The molecule has 3 rings (SSSR count). The summed E-state index contributed by atoms with van der Waals surface area (Å²) >= 11 is 0. The second kappa shape index (κ2) is 4.14. The summed E-state index contributed by atoms with van der Waals surface area (Å²) in [5.41, 5.74) is 2.80. The molecule has 0 atom stereocenters. The Hall–Kier alpha value is -2.37. The number of rotatable bonds is 3. The highest BCUT2D eigenvalue weighted by molar-refractivity contribution is 5.44. The Balaban J connectivity index is 1.78. The van der Waals surface area contributed by atoms with Crippen molar-refractivity contribution in [2.45, 2.75) is 20.4 Å². The molecule has 0 aliphatic rings. The Morgan fingerprint density at radius 2 is 2.22 bits per heavy atom. The Bertz CT molecular complexity index is 685. The topological polar surface area (TPSA) is 68.2 Å². The lowest BCUT2D eigenvalue weighted by atomic mass is 10.3. The third kappa shape index (κ3) is 2.04. The van der Waals surface area contributed by atoms with E-state index in [1.807, 2.05) is 38.2 Å². The molecule has 0 radical (unpaired) electrons. The van der Waals surface area contributed by atoms with E-state index in [0.29, 0.717) is 12.5 Å². The first-order chi connectivity index (χ1) is 8.70. The minimum atomic E-state index is 0.549. The van der Waals surface area contributed by atoms with Crippen LogP contribution in [0.4, 0.5) is 5.95 Å². The number of hydrogen-bond donors (Lipinski definition) is 1. The van der Waals surface area contributed by atoms with Crippen LogP contribution >= 0.6 is 0 Å². The monoisotopic (exact) mass is 243 g/mol. The van der Waals surface area contributed by atoms with Crippen LogP contribution in [0.15, 0.2) is 28.9 Å². The summed E-state index contributed by atoms with van der Waals surface area (Å²) in [7, 11) is 0. The SMILES string of the molecule is Cc1ccc2nc(NCc3cc(C)on3)nn2c1. The van der Waals surface area contributed by atoms with Gasteiger partial charge in [0.25, 0.3) is 0 Å². The molecule has 0 fully saturated rings. The number of nitrogens with one attached hydrogen (secondary N) is 1. The molecule has 0 bridgehead atoms. The molecule has 18 heavy (non-hydrogen) atoms. The second-order valence-corrected chi connectivity index (χ2v) is 4.23. The van der Waals surface area contributed by atoms with E-state index < -0.39 is 0 Å². The van der Waals surface area contributed by atoms with Crippen molar-refractivity contribution in [3.63, 3.8) is 0 Å². The first kappa shape index (κ1) is 10.8. The molecule has 92 valence electrons. The molecule has 3 aromatic heterocycles. The molecule has 3 aromatic rings. The van der Waals surface area contributed by atoms with Gasteiger partial charge in [-0.1, -0.05) is 11.2 Å². The zero-order valence-electron chi connectivity index (χ0n) is 10.2. The quantitative estimate of drug-likeness (QED) is 0.761. The van der Waals surface area contributed by atoms with Gasteiger partial charge in [-0.2, -0.15) is 4.98 Å². The van der Waals surface area contributed by atoms with Crippen LogP contribution in [0.5, 0.6) is 0 Å². The number of anilines is 1. The Kier molecular flexibility index (Phi) is 2.47. The maximum atomic E-state index is 4.99. The molecule has 0 amide bonds. The minimum Gasteiger partial charge on any atom is -0.361 e. The molecule has 3 heterocycles. The Morgan fingerprint density at radius 1 is 1.33 bits per heavy atom. The predicted octanol–water partition coefficient (Wildman–Crippen LogP) is 1.95. The molecule has 6 heteroatoms. The van der Waals surface area contributed by atoms with E-state index in [0.717, 1.165) is 22.7 Å². The Labute approximate surface area is 104 Å². The van der Waals surface area contributed by atoms with Crippen molar-refractivity contribution >= 4 is 11.6 Å². The summed E-state index contributed by atoms with van der Waals surface area (Å²) in [6.45, 7) is 4.43. The van der Waals surface area contributed by atoms with E-state index in [1.165, 1.54) is 0 Å². The number of pyridine rings is 1. The molecule has 0 unspecified atom stereocenters. The predicted molar refractivity (Wildman–Crippen MR) is 66.3 cm³/mol. The largest absolute Gasteiger partial charge is 0.361 e. The average Bonchev–Trinajstić information content (AvgIpc) is 2.92. The number of hydrogen-bond acceptors (Lipinski definition) is 5. The lowest BCUT2D eigenvalue weighted by Gasteiger charge is -1.95. The van der Waals surface area contributed by atoms with Gasteiger partial charge in [0.15, 0.2) is 5.65 Å². The number of nitrogens with zero attached hydrogens (tertiary/aromatic N) is 4. The van der Waals surface area contributed by atoms with Crippen LogP contribution < -0.4 is 5.32 Å². The summed E-state index contributed by atoms with van der Waals surface area (Å²) in [5.74, 6) is 1.38. The van der Waals surface area contributed by atoms with Crippen molar-refractivity contribution in [3.05, 3.63) is 41.4 Å². The van der Waals surface area contributed by atoms with Crippen molar-refractivity contribution in [1.82, 2.24) is 19.8 Å². The van der Waals surface area contributed by atoms with E-state index in [4.69, 9.17) is 4.52 Å². The fourth-order valence-electron chi connectivity index (χ4n) is 1.73. The molecular weight excluding hydrogens is 230 g/mol. The van der Waals surface area contributed by atoms with Crippen LogP contribution in [0.3, 0.4) is 0 Å². The van der Waals surface area contributed by atoms with E-state index in [-0.39, 0.29) is 0 Å².